The monoisotopic (exact) mass is 702 g/mol. The summed E-state index contributed by atoms with van der Waals surface area (Å²) >= 11 is 3.52. The summed E-state index contributed by atoms with van der Waals surface area (Å²) in [5.41, 5.74) is 4.11. The van der Waals surface area contributed by atoms with Gasteiger partial charge in [-0.1, -0.05) is 33.2 Å². The molecule has 11 nitrogen and oxygen atoms in total. The number of carbonyl (C=O) groups excluding carboxylic acids is 1. The van der Waals surface area contributed by atoms with Gasteiger partial charge in [0.05, 0.1) is 5.71 Å². The van der Waals surface area contributed by atoms with Gasteiger partial charge < -0.3 is 25.2 Å². The molecule has 0 radical (unpaired) electrons. The van der Waals surface area contributed by atoms with E-state index in [0.717, 1.165) is 64.8 Å². The lowest BCUT2D eigenvalue weighted by atomic mass is 9.82. The molecule has 2 saturated heterocycles. The molecule has 2 N–H and O–H groups in total. The Morgan fingerprint density at radius 2 is 1.57 bits per heavy atom. The SMILES string of the molecule is CCO/N=C(/c1ccc(Br)cc1)C1CCN(C2(C)CCN(C(=O)c3c(C)cc[n+]([O-])c3C)CC2)CC1.O=C(O)CCCCC(=O)O. The molecule has 12 heteroatoms. The molecular formula is C34H47BrN4O7. The van der Waals surface area contributed by atoms with Crippen LogP contribution in [-0.4, -0.2) is 81.9 Å². The molecule has 0 bridgehead atoms. The molecule has 0 spiro atoms. The van der Waals surface area contributed by atoms with Crippen molar-refractivity contribution in [3.8, 4) is 0 Å². The minimum Gasteiger partial charge on any atom is -0.618 e. The van der Waals surface area contributed by atoms with Crippen LogP contribution in [0.1, 0.15) is 92.4 Å². The van der Waals surface area contributed by atoms with Gasteiger partial charge in [0.15, 0.2) is 6.20 Å². The predicted octanol–water partition coefficient (Wildman–Crippen LogP) is 5.56. The predicted molar refractivity (Wildman–Crippen MR) is 179 cm³/mol. The number of halogens is 1. The van der Waals surface area contributed by atoms with E-state index in [1.54, 1.807) is 13.0 Å². The Balaban J connectivity index is 0.000000498. The molecule has 252 valence electrons. The quantitative estimate of drug-likeness (QED) is 0.102. The van der Waals surface area contributed by atoms with Gasteiger partial charge >= 0.3 is 11.9 Å². The number of oxime groups is 1. The van der Waals surface area contributed by atoms with E-state index in [-0.39, 0.29) is 24.3 Å². The van der Waals surface area contributed by atoms with E-state index in [0.29, 0.717) is 49.7 Å². The van der Waals surface area contributed by atoms with Crippen LogP contribution < -0.4 is 4.73 Å². The van der Waals surface area contributed by atoms with Gasteiger partial charge in [-0.15, -0.1) is 0 Å². The zero-order valence-electron chi connectivity index (χ0n) is 27.3. The molecule has 4 rings (SSSR count). The van der Waals surface area contributed by atoms with Gasteiger partial charge in [0.25, 0.3) is 5.91 Å². The molecule has 1 amide bonds. The summed E-state index contributed by atoms with van der Waals surface area (Å²) in [6.07, 6.45) is 6.41. The highest BCUT2D eigenvalue weighted by Crippen LogP contribution is 2.34. The van der Waals surface area contributed by atoms with Crippen LogP contribution in [0.5, 0.6) is 0 Å². The molecule has 0 atom stereocenters. The zero-order chi connectivity index (χ0) is 33.9. The van der Waals surface area contributed by atoms with Crippen LogP contribution in [0.25, 0.3) is 0 Å². The Bertz CT molecular complexity index is 1350. The van der Waals surface area contributed by atoms with E-state index in [2.05, 4.69) is 57.2 Å². The fraction of sp³-hybridized carbons (Fsp3) is 0.559. The molecule has 1 aromatic heterocycles. The molecule has 0 saturated carbocycles. The Hall–Kier alpha value is -3.51. The Morgan fingerprint density at radius 3 is 2.09 bits per heavy atom. The summed E-state index contributed by atoms with van der Waals surface area (Å²) in [4.78, 5) is 43.1. The first kappa shape index (κ1) is 37.0. The lowest BCUT2D eigenvalue weighted by Gasteiger charge is -2.49. The third-order valence-electron chi connectivity index (χ3n) is 9.00. The first-order chi connectivity index (χ1) is 21.9. The van der Waals surface area contributed by atoms with Crippen molar-refractivity contribution in [3.05, 3.63) is 68.6 Å². The van der Waals surface area contributed by atoms with Gasteiger partial charge in [-0.2, -0.15) is 4.73 Å². The summed E-state index contributed by atoms with van der Waals surface area (Å²) in [6, 6.07) is 10.0. The Kier molecular flexibility index (Phi) is 14.0. The van der Waals surface area contributed by atoms with Crippen molar-refractivity contribution >= 4 is 39.5 Å². The second-order valence-electron chi connectivity index (χ2n) is 12.2. The van der Waals surface area contributed by atoms with Crippen LogP contribution in [0.2, 0.25) is 0 Å². The number of pyridine rings is 1. The number of amides is 1. The van der Waals surface area contributed by atoms with E-state index in [1.807, 2.05) is 18.7 Å². The van der Waals surface area contributed by atoms with Crippen LogP contribution in [0, 0.1) is 25.0 Å². The van der Waals surface area contributed by atoms with Crippen molar-refractivity contribution in [1.82, 2.24) is 9.80 Å². The van der Waals surface area contributed by atoms with Gasteiger partial charge in [0.1, 0.15) is 12.2 Å². The van der Waals surface area contributed by atoms with Crippen molar-refractivity contribution in [2.24, 2.45) is 11.1 Å². The maximum atomic E-state index is 13.3. The summed E-state index contributed by atoms with van der Waals surface area (Å²) in [6.45, 7) is 11.9. The highest BCUT2D eigenvalue weighted by atomic mass is 79.9. The number of carboxylic acids is 2. The van der Waals surface area contributed by atoms with Gasteiger partial charge in [-0.05, 0) is 95.6 Å². The van der Waals surface area contributed by atoms with E-state index < -0.39 is 11.9 Å². The summed E-state index contributed by atoms with van der Waals surface area (Å²) in [5, 5.41) is 32.8. The number of carboxylic acid groups (broad SMARTS) is 2. The molecule has 2 aromatic rings. The minimum absolute atomic E-state index is 0.0257. The smallest absolute Gasteiger partial charge is 0.303 e. The first-order valence-corrected chi connectivity index (χ1v) is 16.8. The lowest BCUT2D eigenvalue weighted by molar-refractivity contribution is -0.612. The summed E-state index contributed by atoms with van der Waals surface area (Å²) in [7, 11) is 0. The second kappa shape index (κ2) is 17.4. The van der Waals surface area contributed by atoms with Gasteiger partial charge in [-0.25, -0.2) is 0 Å². The Morgan fingerprint density at radius 1 is 1.00 bits per heavy atom. The van der Waals surface area contributed by atoms with Crippen molar-refractivity contribution in [2.75, 3.05) is 32.8 Å². The third-order valence-corrected chi connectivity index (χ3v) is 9.53. The largest absolute Gasteiger partial charge is 0.618 e. The van der Waals surface area contributed by atoms with Crippen molar-refractivity contribution in [3.63, 3.8) is 0 Å². The molecule has 2 aliphatic heterocycles. The van der Waals surface area contributed by atoms with Crippen LogP contribution in [0.15, 0.2) is 46.2 Å². The highest BCUT2D eigenvalue weighted by Gasteiger charge is 2.40. The molecule has 2 fully saturated rings. The fourth-order valence-electron chi connectivity index (χ4n) is 6.12. The van der Waals surface area contributed by atoms with Crippen LogP contribution in [0.3, 0.4) is 0 Å². The number of hydrogen-bond acceptors (Lipinski definition) is 7. The lowest BCUT2D eigenvalue weighted by Crippen LogP contribution is -2.57. The number of benzene rings is 1. The molecule has 0 aliphatic carbocycles. The number of aliphatic carboxylic acids is 2. The number of aryl methyl sites for hydroxylation is 1. The number of rotatable bonds is 11. The number of piperidine rings is 2. The molecule has 2 aliphatic rings. The van der Waals surface area contributed by atoms with Crippen molar-refractivity contribution < 1.29 is 34.2 Å². The number of carbonyl (C=O) groups is 3. The molecule has 3 heterocycles. The normalized spacial score (nSPS) is 17.2. The van der Waals surface area contributed by atoms with E-state index in [4.69, 9.17) is 15.1 Å². The number of hydrogen-bond donors (Lipinski definition) is 2. The first-order valence-electron chi connectivity index (χ1n) is 16.0. The van der Waals surface area contributed by atoms with Crippen LogP contribution in [-0.2, 0) is 14.4 Å². The average Bonchev–Trinajstić information content (AvgIpc) is 3.03. The third kappa shape index (κ3) is 10.2. The fourth-order valence-corrected chi connectivity index (χ4v) is 6.39. The van der Waals surface area contributed by atoms with E-state index >= 15 is 0 Å². The average molecular weight is 704 g/mol. The molecule has 0 unspecified atom stereocenters. The maximum absolute atomic E-state index is 13.3. The number of unbranched alkanes of at least 4 members (excludes halogenated alkanes) is 1. The van der Waals surface area contributed by atoms with E-state index in [9.17, 15) is 19.6 Å². The zero-order valence-corrected chi connectivity index (χ0v) is 28.9. The van der Waals surface area contributed by atoms with Gasteiger partial charge in [0.2, 0.25) is 5.69 Å². The molecular weight excluding hydrogens is 656 g/mol. The van der Waals surface area contributed by atoms with E-state index in [1.165, 1.54) is 6.20 Å². The minimum atomic E-state index is -0.870. The topological polar surface area (TPSA) is 147 Å². The molecule has 1 aromatic carbocycles. The summed E-state index contributed by atoms with van der Waals surface area (Å²) < 4.78 is 1.84. The van der Waals surface area contributed by atoms with Crippen molar-refractivity contribution in [2.45, 2.75) is 84.6 Å². The van der Waals surface area contributed by atoms with Crippen molar-refractivity contribution in [1.29, 1.82) is 0 Å². The van der Waals surface area contributed by atoms with Crippen LogP contribution in [0.4, 0.5) is 0 Å². The second-order valence-corrected chi connectivity index (χ2v) is 13.1. The summed E-state index contributed by atoms with van der Waals surface area (Å²) in [5.74, 6) is -1.40. The number of likely N-dealkylation sites (tertiary alicyclic amines) is 2. The van der Waals surface area contributed by atoms with Crippen LogP contribution >= 0.6 is 15.9 Å². The number of aromatic nitrogens is 1. The highest BCUT2D eigenvalue weighted by molar-refractivity contribution is 9.10. The van der Waals surface area contributed by atoms with Gasteiger partial charge in [0, 0.05) is 54.9 Å². The Labute approximate surface area is 279 Å². The maximum Gasteiger partial charge on any atom is 0.303 e. The standard InChI is InChI=1S/C28H37BrN4O3.C6H10O4/c1-5-36-30-26(22-6-8-24(29)9-7-22)23-11-15-32(16-12-23)28(4)13-18-31(19-14-28)27(34)25-20(2)10-17-33(35)21(25)3;7-5(8)3-1-2-4-6(9)10/h6-10,17,23H,5,11-16,18-19H2,1-4H3;1-4H2,(H,7,8)(H,9,10)/b30-26-;. The number of nitrogens with zero attached hydrogens (tertiary/aromatic N) is 4. The van der Waals surface area contributed by atoms with Gasteiger partial charge in [-0.3, -0.25) is 19.3 Å². The molecule has 46 heavy (non-hydrogen) atoms.